The fraction of sp³-hybridized carbons (Fsp3) is 0.217. The maximum atomic E-state index is 13.0. The van der Waals surface area contributed by atoms with Gasteiger partial charge in [0.15, 0.2) is 0 Å². The molecule has 0 unspecified atom stereocenters. The number of allylic oxidation sites excluding steroid dienone is 5. The van der Waals surface area contributed by atoms with Crippen molar-refractivity contribution >= 4 is 5.57 Å². The molecule has 0 spiro atoms. The molecule has 1 aromatic heterocycles. The summed E-state index contributed by atoms with van der Waals surface area (Å²) in [5.74, 6) is 0. The van der Waals surface area contributed by atoms with E-state index in [0.717, 1.165) is 28.0 Å². The standard InChI is InChI=1S/C23H24N2O/c1-6-16(3)12-20(7-2)22-13-18(5)21(14-24)23(26)25(22)15-19-10-8-9-17(4)11-19/h6-13H,1,15H2,2-5H3/b16-12-,20-7+. The van der Waals surface area contributed by atoms with Gasteiger partial charge in [0.25, 0.3) is 5.56 Å². The van der Waals surface area contributed by atoms with E-state index in [-0.39, 0.29) is 11.1 Å². The molecule has 1 heterocycles. The Morgan fingerprint density at radius 2 is 2.04 bits per heavy atom. The summed E-state index contributed by atoms with van der Waals surface area (Å²) in [4.78, 5) is 13.0. The van der Waals surface area contributed by atoms with Gasteiger partial charge in [-0.15, -0.1) is 0 Å². The van der Waals surface area contributed by atoms with Crippen LogP contribution in [0.3, 0.4) is 0 Å². The Morgan fingerprint density at radius 3 is 2.62 bits per heavy atom. The lowest BCUT2D eigenvalue weighted by Crippen LogP contribution is -2.27. The van der Waals surface area contributed by atoms with E-state index in [0.29, 0.717) is 12.1 Å². The second-order valence-electron chi connectivity index (χ2n) is 6.42. The minimum Gasteiger partial charge on any atom is -0.303 e. The Morgan fingerprint density at radius 1 is 1.31 bits per heavy atom. The predicted octanol–water partition coefficient (Wildman–Crippen LogP) is 4.92. The molecular weight excluding hydrogens is 320 g/mol. The number of aryl methyl sites for hydroxylation is 2. The fourth-order valence-electron chi connectivity index (χ4n) is 2.90. The van der Waals surface area contributed by atoms with Crippen molar-refractivity contribution in [3.63, 3.8) is 0 Å². The number of benzene rings is 1. The van der Waals surface area contributed by atoms with Gasteiger partial charge in [-0.1, -0.05) is 60.2 Å². The quantitative estimate of drug-likeness (QED) is 0.723. The number of pyridine rings is 1. The van der Waals surface area contributed by atoms with Crippen molar-refractivity contribution in [3.8, 4) is 6.07 Å². The van der Waals surface area contributed by atoms with Crippen molar-refractivity contribution in [2.45, 2.75) is 34.2 Å². The minimum atomic E-state index is -0.256. The summed E-state index contributed by atoms with van der Waals surface area (Å²) in [6.45, 7) is 12.0. The molecule has 0 amide bonds. The van der Waals surface area contributed by atoms with E-state index >= 15 is 0 Å². The van der Waals surface area contributed by atoms with Crippen molar-refractivity contribution in [2.24, 2.45) is 0 Å². The SMILES string of the molecule is C=C/C(C)=C\C(=C/C)c1cc(C)c(C#N)c(=O)n1Cc1cccc(C)c1. The summed E-state index contributed by atoms with van der Waals surface area (Å²) in [7, 11) is 0. The largest absolute Gasteiger partial charge is 0.303 e. The molecule has 3 heteroatoms. The first-order valence-corrected chi connectivity index (χ1v) is 8.58. The second-order valence-corrected chi connectivity index (χ2v) is 6.42. The molecule has 2 aromatic rings. The first-order valence-electron chi connectivity index (χ1n) is 8.58. The average Bonchev–Trinajstić information content (AvgIpc) is 2.62. The highest BCUT2D eigenvalue weighted by molar-refractivity contribution is 5.73. The van der Waals surface area contributed by atoms with Gasteiger partial charge in [-0.2, -0.15) is 5.26 Å². The Balaban J connectivity index is 2.73. The topological polar surface area (TPSA) is 45.8 Å². The normalized spacial score (nSPS) is 12.0. The molecule has 0 fully saturated rings. The lowest BCUT2D eigenvalue weighted by molar-refractivity contribution is 0.742. The lowest BCUT2D eigenvalue weighted by Gasteiger charge is -2.16. The van der Waals surface area contributed by atoms with Crippen LogP contribution < -0.4 is 5.56 Å². The predicted molar refractivity (Wildman–Crippen MR) is 108 cm³/mol. The smallest absolute Gasteiger partial charge is 0.269 e. The van der Waals surface area contributed by atoms with Crippen LogP contribution in [0.4, 0.5) is 0 Å². The zero-order chi connectivity index (χ0) is 19.3. The third-order valence-electron chi connectivity index (χ3n) is 4.34. The highest BCUT2D eigenvalue weighted by Gasteiger charge is 2.14. The van der Waals surface area contributed by atoms with Gasteiger partial charge in [0.1, 0.15) is 11.6 Å². The van der Waals surface area contributed by atoms with Crippen LogP contribution in [0.2, 0.25) is 0 Å². The third-order valence-corrected chi connectivity index (χ3v) is 4.34. The van der Waals surface area contributed by atoms with Crippen molar-refractivity contribution in [3.05, 3.63) is 99.0 Å². The van der Waals surface area contributed by atoms with Gasteiger partial charge in [0, 0.05) is 0 Å². The molecular formula is C23H24N2O. The zero-order valence-corrected chi connectivity index (χ0v) is 15.8. The van der Waals surface area contributed by atoms with Crippen molar-refractivity contribution in [1.29, 1.82) is 5.26 Å². The summed E-state index contributed by atoms with van der Waals surface area (Å²) in [6.07, 6.45) is 5.75. The maximum absolute atomic E-state index is 13.0. The molecule has 0 bridgehead atoms. The van der Waals surface area contributed by atoms with Crippen molar-refractivity contribution in [2.75, 3.05) is 0 Å². The van der Waals surface area contributed by atoms with Crippen LogP contribution in [0.5, 0.6) is 0 Å². The summed E-state index contributed by atoms with van der Waals surface area (Å²) in [5.41, 5.74) is 5.54. The number of rotatable bonds is 5. The monoisotopic (exact) mass is 344 g/mol. The number of nitrogens with zero attached hydrogens (tertiary/aromatic N) is 2. The van der Waals surface area contributed by atoms with Crippen LogP contribution in [0.1, 0.15) is 41.8 Å². The van der Waals surface area contributed by atoms with Crippen molar-refractivity contribution in [1.82, 2.24) is 4.57 Å². The molecule has 3 nitrogen and oxygen atoms in total. The van der Waals surface area contributed by atoms with E-state index in [1.54, 1.807) is 17.6 Å². The molecule has 0 saturated heterocycles. The molecule has 26 heavy (non-hydrogen) atoms. The van der Waals surface area contributed by atoms with E-state index in [1.807, 2.05) is 57.2 Å². The summed E-state index contributed by atoms with van der Waals surface area (Å²) < 4.78 is 1.68. The van der Waals surface area contributed by atoms with Crippen LogP contribution in [-0.4, -0.2) is 4.57 Å². The van der Waals surface area contributed by atoms with Gasteiger partial charge in [-0.25, -0.2) is 0 Å². The highest BCUT2D eigenvalue weighted by atomic mass is 16.1. The van der Waals surface area contributed by atoms with Gasteiger partial charge in [0.05, 0.1) is 12.2 Å². The van der Waals surface area contributed by atoms with Crippen LogP contribution in [-0.2, 0) is 6.54 Å². The second kappa shape index (κ2) is 8.31. The number of hydrogen-bond acceptors (Lipinski definition) is 2. The first-order chi connectivity index (χ1) is 12.4. The Bertz CT molecular complexity index is 998. The molecule has 1 aromatic carbocycles. The Kier molecular flexibility index (Phi) is 6.14. The molecule has 0 aliphatic rings. The highest BCUT2D eigenvalue weighted by Crippen LogP contribution is 2.21. The number of aromatic nitrogens is 1. The molecule has 132 valence electrons. The fourth-order valence-corrected chi connectivity index (χ4v) is 2.90. The third kappa shape index (κ3) is 4.10. The van der Waals surface area contributed by atoms with Crippen LogP contribution in [0.15, 0.2) is 65.5 Å². The Labute approximate surface area is 155 Å². The molecule has 0 aliphatic heterocycles. The zero-order valence-electron chi connectivity index (χ0n) is 15.8. The molecule has 0 N–H and O–H groups in total. The first kappa shape index (κ1) is 19.2. The van der Waals surface area contributed by atoms with Gasteiger partial charge >= 0.3 is 0 Å². The summed E-state index contributed by atoms with van der Waals surface area (Å²) in [6, 6.07) is 12.0. The van der Waals surface area contributed by atoms with E-state index in [4.69, 9.17) is 0 Å². The summed E-state index contributed by atoms with van der Waals surface area (Å²) >= 11 is 0. The van der Waals surface area contributed by atoms with Crippen LogP contribution in [0, 0.1) is 25.2 Å². The van der Waals surface area contributed by atoms with Gasteiger partial charge in [-0.05, 0) is 50.5 Å². The van der Waals surface area contributed by atoms with E-state index in [1.165, 1.54) is 0 Å². The van der Waals surface area contributed by atoms with Gasteiger partial charge in [-0.3, -0.25) is 4.79 Å². The lowest BCUT2D eigenvalue weighted by atomic mass is 10.0. The van der Waals surface area contributed by atoms with E-state index in [2.05, 4.69) is 18.7 Å². The molecule has 0 aliphatic carbocycles. The molecule has 0 atom stereocenters. The maximum Gasteiger partial charge on any atom is 0.269 e. The summed E-state index contributed by atoms with van der Waals surface area (Å²) in [5, 5.41) is 9.40. The molecule has 0 radical (unpaired) electrons. The number of nitriles is 1. The van der Waals surface area contributed by atoms with Crippen molar-refractivity contribution < 1.29 is 0 Å². The van der Waals surface area contributed by atoms with E-state index in [9.17, 15) is 10.1 Å². The molecule has 0 saturated carbocycles. The average molecular weight is 344 g/mol. The molecule has 2 rings (SSSR count). The Hall–Kier alpha value is -3.12. The van der Waals surface area contributed by atoms with E-state index < -0.39 is 0 Å². The van der Waals surface area contributed by atoms with Crippen LogP contribution in [0.25, 0.3) is 5.57 Å². The van der Waals surface area contributed by atoms with Gasteiger partial charge in [0.2, 0.25) is 0 Å². The minimum absolute atomic E-state index is 0.196. The number of hydrogen-bond donors (Lipinski definition) is 0. The van der Waals surface area contributed by atoms with Gasteiger partial charge < -0.3 is 4.57 Å². The van der Waals surface area contributed by atoms with Crippen LogP contribution >= 0.6 is 0 Å².